The number of Topliss-reactive ketones (excluding diaryl/α,β-unsaturated/α-hetero) is 1. The smallest absolute Gasteiger partial charge is 0.360 e. The Morgan fingerprint density at radius 2 is 1.55 bits per heavy atom. The van der Waals surface area contributed by atoms with Crippen molar-refractivity contribution in [2.45, 2.75) is 110 Å². The van der Waals surface area contributed by atoms with Crippen LogP contribution < -0.4 is 0 Å². The van der Waals surface area contributed by atoms with Crippen LogP contribution in [0.1, 0.15) is 100.0 Å². The molecule has 6 atom stereocenters. The van der Waals surface area contributed by atoms with Crippen molar-refractivity contribution in [2.24, 2.45) is 10.8 Å². The summed E-state index contributed by atoms with van der Waals surface area (Å²) in [4.78, 5) is 48.2. The molecule has 12 heteroatoms. The van der Waals surface area contributed by atoms with E-state index >= 15 is 0 Å². The van der Waals surface area contributed by atoms with E-state index in [2.05, 4.69) is 9.97 Å². The molecule has 0 spiro atoms. The lowest BCUT2D eigenvalue weighted by Crippen LogP contribution is -2.42. The van der Waals surface area contributed by atoms with Crippen LogP contribution in [0.15, 0.2) is 100 Å². The molecule has 1 fully saturated rings. The first kappa shape index (κ1) is 42.8. The van der Waals surface area contributed by atoms with Crippen molar-refractivity contribution >= 4 is 23.8 Å². The number of rotatable bonds is 8. The third kappa shape index (κ3) is 12.3. The van der Waals surface area contributed by atoms with Crippen LogP contribution in [0.4, 0.5) is 0 Å². The van der Waals surface area contributed by atoms with Crippen LogP contribution >= 0.6 is 0 Å². The second kappa shape index (κ2) is 20.1. The molecule has 4 rings (SSSR count). The Labute approximate surface area is 323 Å². The van der Waals surface area contributed by atoms with Gasteiger partial charge in [0.2, 0.25) is 5.89 Å². The number of hydrogen-bond donors (Lipinski definition) is 1. The van der Waals surface area contributed by atoms with Gasteiger partial charge in [-0.1, -0.05) is 99.8 Å². The molecule has 0 unspecified atom stereocenters. The van der Waals surface area contributed by atoms with E-state index in [9.17, 15) is 19.5 Å². The van der Waals surface area contributed by atoms with Gasteiger partial charge >= 0.3 is 11.9 Å². The molecule has 1 N–H and O–H groups in total. The minimum atomic E-state index is -0.942. The van der Waals surface area contributed by atoms with Crippen LogP contribution in [0.3, 0.4) is 0 Å². The molecule has 12 nitrogen and oxygen atoms in total. The number of ketones is 1. The summed E-state index contributed by atoms with van der Waals surface area (Å²) >= 11 is 0. The highest BCUT2D eigenvalue weighted by Gasteiger charge is 2.40. The van der Waals surface area contributed by atoms with E-state index in [0.717, 1.165) is 0 Å². The Morgan fingerprint density at radius 3 is 2.27 bits per heavy atom. The zero-order valence-electron chi connectivity index (χ0n) is 32.8. The number of aromatic nitrogens is 2. The SMILES string of the molecule is CC=C[C@H](O)C(C)(C)[C@@H]1CC=C[C@@H]2O[C@@H]2C=CC=Cc2nc(co2)C(=O)O[C@@H](C(C)(C)C(=O)CCC)CC=CC=CC=C[C@H](OC)Cc2nc(co2)C(=O)O1. The van der Waals surface area contributed by atoms with Gasteiger partial charge in [-0.05, 0) is 27.2 Å². The van der Waals surface area contributed by atoms with Crippen molar-refractivity contribution in [3.63, 3.8) is 0 Å². The lowest BCUT2D eigenvalue weighted by atomic mass is 9.78. The average molecular weight is 759 g/mol. The molecular formula is C43H54N2O10. The molecule has 2 aliphatic heterocycles. The molecule has 4 bridgehead atoms. The summed E-state index contributed by atoms with van der Waals surface area (Å²) in [7, 11) is 1.56. The van der Waals surface area contributed by atoms with E-state index in [-0.39, 0.29) is 41.7 Å². The minimum absolute atomic E-state index is 0.00140. The van der Waals surface area contributed by atoms with Crippen LogP contribution in [0.5, 0.6) is 0 Å². The number of methoxy groups -OCH3 is 1. The Hall–Kier alpha value is -4.91. The topological polar surface area (TPSA) is 164 Å². The molecule has 55 heavy (non-hydrogen) atoms. The molecule has 1 saturated heterocycles. The number of hydrogen-bond acceptors (Lipinski definition) is 12. The van der Waals surface area contributed by atoms with Crippen molar-refractivity contribution in [3.05, 3.63) is 115 Å². The van der Waals surface area contributed by atoms with Crippen molar-refractivity contribution in [2.75, 3.05) is 7.11 Å². The number of nitrogens with zero attached hydrogens (tertiary/aromatic N) is 2. The molecule has 4 heterocycles. The fourth-order valence-electron chi connectivity index (χ4n) is 5.77. The van der Waals surface area contributed by atoms with E-state index < -0.39 is 47.2 Å². The van der Waals surface area contributed by atoms with Gasteiger partial charge < -0.3 is 32.9 Å². The highest BCUT2D eigenvalue weighted by Crippen LogP contribution is 2.33. The van der Waals surface area contributed by atoms with Gasteiger partial charge in [-0.25, -0.2) is 19.6 Å². The molecule has 0 radical (unpaired) electrons. The molecule has 0 aliphatic carbocycles. The minimum Gasteiger partial charge on any atom is -0.457 e. The number of carbonyl (C=O) groups excluding carboxylic acids is 3. The number of esters is 2. The maximum atomic E-state index is 13.3. The second-order valence-electron chi connectivity index (χ2n) is 14.6. The third-order valence-electron chi connectivity index (χ3n) is 9.67. The third-order valence-corrected chi connectivity index (χ3v) is 9.67. The predicted molar refractivity (Wildman–Crippen MR) is 207 cm³/mol. The summed E-state index contributed by atoms with van der Waals surface area (Å²) in [6, 6.07) is 0. The van der Waals surface area contributed by atoms with Crippen molar-refractivity contribution in [3.8, 4) is 0 Å². The molecule has 0 amide bonds. The zero-order chi connectivity index (χ0) is 40.0. The van der Waals surface area contributed by atoms with Gasteiger partial charge in [-0.3, -0.25) is 4.79 Å². The summed E-state index contributed by atoms with van der Waals surface area (Å²) in [6.45, 7) is 11.0. The summed E-state index contributed by atoms with van der Waals surface area (Å²) in [5.74, 6) is -0.857. The lowest BCUT2D eigenvalue weighted by molar-refractivity contribution is -0.133. The van der Waals surface area contributed by atoms with Crippen molar-refractivity contribution in [1.82, 2.24) is 9.97 Å². The lowest BCUT2D eigenvalue weighted by Gasteiger charge is -2.36. The first-order valence-electron chi connectivity index (χ1n) is 18.7. The molecule has 2 aliphatic rings. The number of aliphatic hydroxyl groups excluding tert-OH is 1. The molecule has 0 aromatic carbocycles. The normalized spacial score (nSPS) is 24.0. The highest BCUT2D eigenvalue weighted by molar-refractivity contribution is 5.89. The fraction of sp³-hybridized carbons (Fsp3) is 0.465. The number of allylic oxidation sites excluding steroid dienone is 7. The summed E-state index contributed by atoms with van der Waals surface area (Å²) in [5.41, 5.74) is -1.78. The van der Waals surface area contributed by atoms with Gasteiger partial charge in [0.1, 0.15) is 42.7 Å². The number of ether oxygens (including phenoxy) is 4. The number of cyclic esters (lactones) is 2. The van der Waals surface area contributed by atoms with Gasteiger partial charge in [0.25, 0.3) is 0 Å². The maximum absolute atomic E-state index is 13.3. The molecule has 2 aromatic heterocycles. The summed E-state index contributed by atoms with van der Waals surface area (Å²) < 4.78 is 34.3. The first-order chi connectivity index (χ1) is 26.3. The van der Waals surface area contributed by atoms with E-state index in [4.69, 9.17) is 27.8 Å². The van der Waals surface area contributed by atoms with Crippen LogP contribution in [0.2, 0.25) is 0 Å². The van der Waals surface area contributed by atoms with Crippen molar-refractivity contribution in [1.29, 1.82) is 0 Å². The Bertz CT molecular complexity index is 1800. The van der Waals surface area contributed by atoms with Crippen LogP contribution in [0, 0.1) is 10.8 Å². The molecule has 296 valence electrons. The van der Waals surface area contributed by atoms with Gasteiger partial charge in [0.05, 0.1) is 24.0 Å². The van der Waals surface area contributed by atoms with Gasteiger partial charge in [-0.15, -0.1) is 0 Å². The van der Waals surface area contributed by atoms with Gasteiger partial charge in [0.15, 0.2) is 17.3 Å². The van der Waals surface area contributed by atoms with Crippen LogP contribution in [0.25, 0.3) is 6.08 Å². The molecule has 0 saturated carbocycles. The maximum Gasteiger partial charge on any atom is 0.360 e. The highest BCUT2D eigenvalue weighted by atomic mass is 16.6. The molecule has 2 aromatic rings. The van der Waals surface area contributed by atoms with Crippen molar-refractivity contribution < 1.29 is 47.3 Å². The number of aliphatic hydroxyl groups is 1. The number of carbonyl (C=O) groups is 3. The Kier molecular flexibility index (Phi) is 15.7. The zero-order valence-corrected chi connectivity index (χ0v) is 32.8. The Morgan fingerprint density at radius 1 is 0.891 bits per heavy atom. The van der Waals surface area contributed by atoms with Crippen LogP contribution in [-0.4, -0.2) is 76.5 Å². The predicted octanol–water partition coefficient (Wildman–Crippen LogP) is 7.69. The van der Waals surface area contributed by atoms with E-state index in [0.29, 0.717) is 31.6 Å². The van der Waals surface area contributed by atoms with E-state index in [1.165, 1.54) is 12.5 Å². The van der Waals surface area contributed by atoms with Gasteiger partial charge in [0, 0.05) is 37.9 Å². The van der Waals surface area contributed by atoms with E-state index in [1.807, 2.05) is 76.3 Å². The second-order valence-corrected chi connectivity index (χ2v) is 14.6. The van der Waals surface area contributed by atoms with E-state index in [1.54, 1.807) is 57.4 Å². The monoisotopic (exact) mass is 758 g/mol. The first-order valence-corrected chi connectivity index (χ1v) is 18.7. The molecular weight excluding hydrogens is 704 g/mol. The fourth-order valence-corrected chi connectivity index (χ4v) is 5.77. The standard InChI is InChI=1S/C43H54N2O10/c1-8-18-34(46)42(3,4)36-23-14-12-10-11-13-20-29(50-7)26-39-45-31(28-52-39)41(49)55-37(43(5,6)35(47)19-9-2)24-17-22-33-32(53-33)21-15-16-25-38-44-30(27-51-38)40(48)54-36/h9-17,19-22,25,27-29,32-33,35-37,47H,8,18,23-24,26H2,1-7H3/t29-,32+,33-,35-,36+,37-/m0/s1. The van der Waals surface area contributed by atoms with Crippen LogP contribution in [-0.2, 0) is 30.2 Å². The average Bonchev–Trinajstić information content (AvgIpc) is 3.47. The summed E-state index contributed by atoms with van der Waals surface area (Å²) in [5, 5.41) is 10.9. The largest absolute Gasteiger partial charge is 0.457 e. The summed E-state index contributed by atoms with van der Waals surface area (Å²) in [6.07, 6.45) is 26.4. The number of fused-ring (bicyclic) bond motifs is 5. The Balaban J connectivity index is 1.58. The number of oxazole rings is 2. The van der Waals surface area contributed by atoms with Gasteiger partial charge in [-0.2, -0.15) is 0 Å². The quantitative estimate of drug-likeness (QED) is 0.159. The number of epoxide rings is 1.